The number of carboxylic acid groups (broad SMARTS) is 1. The van der Waals surface area contributed by atoms with Crippen LogP contribution in [0.1, 0.15) is 29.7 Å². The van der Waals surface area contributed by atoms with Crippen LogP contribution in [0.4, 0.5) is 4.79 Å². The van der Waals surface area contributed by atoms with Gasteiger partial charge in [0.1, 0.15) is 11.9 Å². The van der Waals surface area contributed by atoms with Crippen LogP contribution in [-0.4, -0.2) is 35.2 Å². The molecule has 1 N–H and O–H groups in total. The normalized spacial score (nSPS) is 17.4. The average molecular weight is 526 g/mol. The molecule has 1 heterocycles. The lowest BCUT2D eigenvalue weighted by atomic mass is 10.0. The number of benzene rings is 3. The fourth-order valence-corrected chi connectivity index (χ4v) is 4.28. The SMILES string of the molecule is COc1ccc(CC(=O)O)cc1Oc1cc(Br)ccc1CN1C(=O)O[C@@H](c2ccccc2)[C@H]1C. The Labute approximate surface area is 206 Å². The highest BCUT2D eigenvalue weighted by Gasteiger charge is 2.39. The lowest BCUT2D eigenvalue weighted by Crippen LogP contribution is -2.31. The molecule has 0 bridgehead atoms. The topological polar surface area (TPSA) is 85.3 Å². The molecule has 1 aliphatic heterocycles. The van der Waals surface area contributed by atoms with Gasteiger partial charge < -0.3 is 19.3 Å². The zero-order valence-corrected chi connectivity index (χ0v) is 20.3. The maximum absolute atomic E-state index is 12.7. The monoisotopic (exact) mass is 525 g/mol. The van der Waals surface area contributed by atoms with Gasteiger partial charge in [0.25, 0.3) is 0 Å². The summed E-state index contributed by atoms with van der Waals surface area (Å²) in [6.45, 7) is 2.24. The molecule has 0 spiro atoms. The van der Waals surface area contributed by atoms with E-state index in [4.69, 9.17) is 19.3 Å². The molecular formula is C26H24BrNO6. The summed E-state index contributed by atoms with van der Waals surface area (Å²) in [7, 11) is 1.52. The number of cyclic esters (lactones) is 1. The van der Waals surface area contributed by atoms with Gasteiger partial charge in [-0.1, -0.05) is 58.4 Å². The summed E-state index contributed by atoms with van der Waals surface area (Å²) in [5.41, 5.74) is 2.30. The Morgan fingerprint density at radius 1 is 1.06 bits per heavy atom. The lowest BCUT2D eigenvalue weighted by molar-refractivity contribution is -0.136. The highest BCUT2D eigenvalue weighted by Crippen LogP contribution is 2.38. The zero-order chi connectivity index (χ0) is 24.2. The Morgan fingerprint density at radius 2 is 1.82 bits per heavy atom. The maximum Gasteiger partial charge on any atom is 0.411 e. The third-order valence-electron chi connectivity index (χ3n) is 5.69. The molecule has 8 heteroatoms. The number of hydrogen-bond donors (Lipinski definition) is 1. The van der Waals surface area contributed by atoms with Gasteiger partial charge >= 0.3 is 12.1 Å². The van der Waals surface area contributed by atoms with Gasteiger partial charge in [-0.2, -0.15) is 0 Å². The van der Waals surface area contributed by atoms with Gasteiger partial charge in [0, 0.05) is 10.0 Å². The van der Waals surface area contributed by atoms with Crippen LogP contribution in [0.15, 0.2) is 71.2 Å². The van der Waals surface area contributed by atoms with Gasteiger partial charge in [0.15, 0.2) is 11.5 Å². The Bertz CT molecular complexity index is 1200. The van der Waals surface area contributed by atoms with Crippen molar-refractivity contribution < 1.29 is 28.9 Å². The predicted octanol–water partition coefficient (Wildman–Crippen LogP) is 5.96. The number of aliphatic carboxylic acids is 1. The van der Waals surface area contributed by atoms with Crippen molar-refractivity contribution in [2.45, 2.75) is 32.0 Å². The van der Waals surface area contributed by atoms with Crippen LogP contribution in [0.2, 0.25) is 0 Å². The van der Waals surface area contributed by atoms with E-state index in [1.54, 1.807) is 29.2 Å². The molecule has 3 aromatic rings. The number of rotatable bonds is 8. The summed E-state index contributed by atoms with van der Waals surface area (Å²) in [6.07, 6.45) is -0.887. The maximum atomic E-state index is 12.7. The van der Waals surface area contributed by atoms with Gasteiger partial charge in [-0.05, 0) is 42.3 Å². The molecule has 1 amide bonds. The second kappa shape index (κ2) is 10.2. The third kappa shape index (κ3) is 5.17. The average Bonchev–Trinajstić information content (AvgIpc) is 3.09. The molecule has 7 nitrogen and oxygen atoms in total. The number of carbonyl (C=O) groups excluding carboxylic acids is 1. The smallest absolute Gasteiger partial charge is 0.411 e. The molecule has 1 aliphatic rings. The fraction of sp³-hybridized carbons (Fsp3) is 0.231. The van der Waals surface area contributed by atoms with Crippen molar-refractivity contribution in [3.63, 3.8) is 0 Å². The molecular weight excluding hydrogens is 502 g/mol. The number of ether oxygens (including phenoxy) is 3. The highest BCUT2D eigenvalue weighted by molar-refractivity contribution is 9.10. The van der Waals surface area contributed by atoms with Crippen molar-refractivity contribution in [3.8, 4) is 17.2 Å². The Kier molecular flexibility index (Phi) is 7.07. The molecule has 34 heavy (non-hydrogen) atoms. The number of methoxy groups -OCH3 is 1. The highest BCUT2D eigenvalue weighted by atomic mass is 79.9. The molecule has 2 atom stereocenters. The first-order valence-electron chi connectivity index (χ1n) is 10.7. The number of amides is 1. The Hall–Kier alpha value is -3.52. The molecule has 4 rings (SSSR count). The molecule has 0 radical (unpaired) electrons. The van der Waals surface area contributed by atoms with E-state index in [2.05, 4.69) is 15.9 Å². The number of carboxylic acids is 1. The van der Waals surface area contributed by atoms with E-state index < -0.39 is 12.1 Å². The van der Waals surface area contributed by atoms with Crippen LogP contribution < -0.4 is 9.47 Å². The summed E-state index contributed by atoms with van der Waals surface area (Å²) in [6, 6.07) is 20.1. The second-order valence-electron chi connectivity index (χ2n) is 7.99. The molecule has 176 valence electrons. The van der Waals surface area contributed by atoms with Crippen molar-refractivity contribution in [1.82, 2.24) is 4.90 Å². The number of nitrogens with zero attached hydrogens (tertiary/aromatic N) is 1. The van der Waals surface area contributed by atoms with E-state index in [1.807, 2.05) is 49.4 Å². The van der Waals surface area contributed by atoms with Crippen LogP contribution in [-0.2, 0) is 22.5 Å². The van der Waals surface area contributed by atoms with Crippen LogP contribution >= 0.6 is 15.9 Å². The van der Waals surface area contributed by atoms with Crippen molar-refractivity contribution in [1.29, 1.82) is 0 Å². The predicted molar refractivity (Wildman–Crippen MR) is 129 cm³/mol. The van der Waals surface area contributed by atoms with E-state index in [0.29, 0.717) is 22.8 Å². The number of carbonyl (C=O) groups is 2. The summed E-state index contributed by atoms with van der Waals surface area (Å²) >= 11 is 3.47. The van der Waals surface area contributed by atoms with Crippen molar-refractivity contribution in [2.75, 3.05) is 7.11 Å². The van der Waals surface area contributed by atoms with Crippen LogP contribution in [0.3, 0.4) is 0 Å². The molecule has 1 fully saturated rings. The minimum Gasteiger partial charge on any atom is -0.493 e. The van der Waals surface area contributed by atoms with E-state index in [0.717, 1.165) is 15.6 Å². The first kappa shape index (κ1) is 23.6. The minimum absolute atomic E-state index is 0.135. The molecule has 0 saturated carbocycles. The molecule has 3 aromatic carbocycles. The van der Waals surface area contributed by atoms with Crippen molar-refractivity contribution >= 4 is 28.0 Å². The summed E-state index contributed by atoms with van der Waals surface area (Å²) < 4.78 is 18.1. The Morgan fingerprint density at radius 3 is 2.53 bits per heavy atom. The first-order valence-corrected chi connectivity index (χ1v) is 11.5. The zero-order valence-electron chi connectivity index (χ0n) is 18.7. The minimum atomic E-state index is -0.936. The summed E-state index contributed by atoms with van der Waals surface area (Å²) in [5, 5.41) is 9.14. The molecule has 0 aromatic heterocycles. The first-order chi connectivity index (χ1) is 16.4. The molecule has 0 unspecified atom stereocenters. The Balaban J connectivity index is 1.61. The van der Waals surface area contributed by atoms with E-state index in [9.17, 15) is 9.59 Å². The molecule has 1 saturated heterocycles. The summed E-state index contributed by atoms with van der Waals surface area (Å²) in [5.74, 6) is 0.440. The van der Waals surface area contributed by atoms with Gasteiger partial charge in [0.05, 0.1) is 26.1 Å². The lowest BCUT2D eigenvalue weighted by Gasteiger charge is -2.22. The van der Waals surface area contributed by atoms with Gasteiger partial charge in [0.2, 0.25) is 0 Å². The number of hydrogen-bond acceptors (Lipinski definition) is 5. The third-order valence-corrected chi connectivity index (χ3v) is 6.19. The van der Waals surface area contributed by atoms with Crippen LogP contribution in [0.25, 0.3) is 0 Å². The van der Waals surface area contributed by atoms with Gasteiger partial charge in [-0.25, -0.2) is 4.79 Å². The van der Waals surface area contributed by atoms with Crippen LogP contribution in [0, 0.1) is 0 Å². The van der Waals surface area contributed by atoms with E-state index in [-0.39, 0.29) is 25.1 Å². The van der Waals surface area contributed by atoms with E-state index >= 15 is 0 Å². The second-order valence-corrected chi connectivity index (χ2v) is 8.91. The standard InChI is InChI=1S/C26H24BrNO6/c1-16-25(18-6-4-3-5-7-18)34-26(31)28(16)15-19-9-10-20(27)14-22(19)33-23-12-17(13-24(29)30)8-11-21(23)32-2/h3-12,14,16,25H,13,15H2,1-2H3,(H,29,30)/t16-,25-/m1/s1. The largest absolute Gasteiger partial charge is 0.493 e. The van der Waals surface area contributed by atoms with Crippen molar-refractivity contribution in [3.05, 3.63) is 87.9 Å². The quantitative estimate of drug-likeness (QED) is 0.390. The van der Waals surface area contributed by atoms with Crippen molar-refractivity contribution in [2.24, 2.45) is 0 Å². The summed E-state index contributed by atoms with van der Waals surface area (Å²) in [4.78, 5) is 25.6. The van der Waals surface area contributed by atoms with Crippen LogP contribution in [0.5, 0.6) is 17.2 Å². The van der Waals surface area contributed by atoms with Gasteiger partial charge in [-0.3, -0.25) is 9.69 Å². The van der Waals surface area contributed by atoms with Gasteiger partial charge in [-0.15, -0.1) is 0 Å². The fourth-order valence-electron chi connectivity index (χ4n) is 3.94. The van der Waals surface area contributed by atoms with E-state index in [1.165, 1.54) is 7.11 Å². The number of halogens is 1. The molecule has 0 aliphatic carbocycles.